The molecule has 2 aromatic carbocycles. The van der Waals surface area contributed by atoms with E-state index >= 15 is 0 Å². The highest BCUT2D eigenvalue weighted by atomic mass is 19.1. The molecular formula is C35H49FN2O4. The number of imidazole rings is 1. The van der Waals surface area contributed by atoms with Gasteiger partial charge >= 0.3 is 0 Å². The number of ether oxygens (including phenoxy) is 2. The van der Waals surface area contributed by atoms with Crippen LogP contribution < -0.4 is 4.74 Å². The number of aromatic nitrogens is 2. The Labute approximate surface area is 252 Å². The minimum atomic E-state index is -1.32. The van der Waals surface area contributed by atoms with Crippen LogP contribution in [0.4, 0.5) is 4.39 Å². The van der Waals surface area contributed by atoms with Gasteiger partial charge in [0.25, 0.3) is 0 Å². The fraction of sp³-hybridized carbons (Fsp3) is 0.400. The van der Waals surface area contributed by atoms with Gasteiger partial charge in [0.15, 0.2) is 5.78 Å². The molecule has 230 valence electrons. The summed E-state index contributed by atoms with van der Waals surface area (Å²) in [4.78, 5) is 24.2. The van der Waals surface area contributed by atoms with E-state index in [1.807, 2.05) is 74.9 Å². The van der Waals surface area contributed by atoms with E-state index < -0.39 is 6.36 Å². The summed E-state index contributed by atoms with van der Waals surface area (Å²) in [7, 11) is 0. The van der Waals surface area contributed by atoms with E-state index in [-0.39, 0.29) is 5.78 Å². The van der Waals surface area contributed by atoms with Crippen LogP contribution in [0.25, 0.3) is 23.0 Å². The second-order valence-corrected chi connectivity index (χ2v) is 9.51. The van der Waals surface area contributed by atoms with Gasteiger partial charge in [0.1, 0.15) is 17.9 Å². The van der Waals surface area contributed by atoms with Gasteiger partial charge in [0.05, 0.1) is 11.9 Å². The van der Waals surface area contributed by atoms with Crippen molar-refractivity contribution in [1.82, 2.24) is 9.55 Å². The summed E-state index contributed by atoms with van der Waals surface area (Å²) >= 11 is 0. The second kappa shape index (κ2) is 21.8. The van der Waals surface area contributed by atoms with Crippen LogP contribution >= 0.6 is 0 Å². The molecule has 6 nitrogen and oxygen atoms in total. The lowest BCUT2D eigenvalue weighted by atomic mass is 10.0. The summed E-state index contributed by atoms with van der Waals surface area (Å²) in [6.45, 7) is 22.3. The number of rotatable bonds is 10. The standard InChI is InChI=1S/C17H19FN2O.C10H12O.C6H14O.C2H4O/c1-5-10-20-16(11-19-17(20)12(2)3)14-6-8-15(9-7-14)21-13(4)18;1-7-4-5-10(9(3)11)8(2)6-7;1-3-5-7-6-4-2;1-2-3/h5-11,13H,2H2,1,3-4H3;4-6H,1-3H3;3-6H2,1-2H3;2H,1H3/b10-5-;;;. The predicted octanol–water partition coefficient (Wildman–Crippen LogP) is 9.30. The number of carbonyl (C=O) groups is 2. The van der Waals surface area contributed by atoms with Crippen molar-refractivity contribution in [3.63, 3.8) is 0 Å². The molecule has 7 heteroatoms. The van der Waals surface area contributed by atoms with Crippen molar-refractivity contribution >= 4 is 23.8 Å². The molecule has 1 atom stereocenters. The topological polar surface area (TPSA) is 70.4 Å². The SMILES string of the molecule is C=C(C)c1ncc(-c2ccc(OC(C)F)cc2)n1/C=C\C.CC(=O)c1ccc(C)cc1C.CC=O.CCCOCCC. The maximum absolute atomic E-state index is 12.8. The van der Waals surface area contributed by atoms with E-state index in [1.165, 1.54) is 19.4 Å². The molecule has 1 aromatic heterocycles. The number of aryl methyl sites for hydroxylation is 2. The minimum Gasteiger partial charge on any atom is -0.461 e. The Bertz CT molecular complexity index is 1240. The van der Waals surface area contributed by atoms with Crippen molar-refractivity contribution < 1.29 is 23.5 Å². The van der Waals surface area contributed by atoms with Crippen molar-refractivity contribution in [2.24, 2.45) is 0 Å². The molecule has 0 N–H and O–H groups in total. The third-order valence-electron chi connectivity index (χ3n) is 5.38. The first-order chi connectivity index (χ1) is 20.0. The van der Waals surface area contributed by atoms with Crippen LogP contribution in [0.1, 0.15) is 88.6 Å². The number of ketones is 1. The quantitative estimate of drug-likeness (QED) is 0.136. The Morgan fingerprint density at radius 1 is 1.05 bits per heavy atom. The summed E-state index contributed by atoms with van der Waals surface area (Å²) in [5.74, 6) is 1.47. The number of carbonyl (C=O) groups excluding carboxylic acids is 2. The van der Waals surface area contributed by atoms with Crippen molar-refractivity contribution in [2.75, 3.05) is 13.2 Å². The van der Waals surface area contributed by atoms with Gasteiger partial charge in [-0.3, -0.25) is 9.36 Å². The fourth-order valence-electron chi connectivity index (χ4n) is 3.68. The zero-order valence-electron chi connectivity index (χ0n) is 26.9. The molecule has 0 aliphatic heterocycles. The van der Waals surface area contributed by atoms with Gasteiger partial charge < -0.3 is 14.3 Å². The van der Waals surface area contributed by atoms with Crippen LogP contribution in [0.2, 0.25) is 0 Å². The first kappa shape index (κ1) is 38.2. The summed E-state index contributed by atoms with van der Waals surface area (Å²) in [5.41, 5.74) is 5.92. The van der Waals surface area contributed by atoms with E-state index in [2.05, 4.69) is 25.4 Å². The van der Waals surface area contributed by atoms with Crippen molar-refractivity contribution in [2.45, 2.75) is 81.5 Å². The van der Waals surface area contributed by atoms with Crippen molar-refractivity contribution in [1.29, 1.82) is 0 Å². The van der Waals surface area contributed by atoms with Gasteiger partial charge in [0, 0.05) is 37.5 Å². The maximum atomic E-state index is 12.8. The van der Waals surface area contributed by atoms with Gasteiger partial charge in [-0.15, -0.1) is 0 Å². The molecule has 0 spiro atoms. The van der Waals surface area contributed by atoms with E-state index in [1.54, 1.807) is 25.3 Å². The van der Waals surface area contributed by atoms with Crippen LogP contribution in [0.15, 0.2) is 61.3 Å². The van der Waals surface area contributed by atoms with Gasteiger partial charge in [-0.2, -0.15) is 0 Å². The summed E-state index contributed by atoms with van der Waals surface area (Å²) in [6, 6.07) is 13.1. The average Bonchev–Trinajstić information content (AvgIpc) is 3.34. The first-order valence-corrected chi connectivity index (χ1v) is 14.3. The molecule has 3 rings (SSSR count). The predicted molar refractivity (Wildman–Crippen MR) is 174 cm³/mol. The normalized spacial score (nSPS) is 10.7. The summed E-state index contributed by atoms with van der Waals surface area (Å²) < 4.78 is 24.9. The van der Waals surface area contributed by atoms with Gasteiger partial charge in [-0.1, -0.05) is 50.3 Å². The lowest BCUT2D eigenvalue weighted by molar-refractivity contribution is -0.106. The lowest BCUT2D eigenvalue weighted by Crippen LogP contribution is -2.03. The number of hydrogen-bond donors (Lipinski definition) is 0. The Morgan fingerprint density at radius 3 is 2.05 bits per heavy atom. The van der Waals surface area contributed by atoms with Crippen LogP contribution in [0.5, 0.6) is 5.75 Å². The Hall–Kier alpha value is -3.84. The third-order valence-corrected chi connectivity index (χ3v) is 5.38. The summed E-state index contributed by atoms with van der Waals surface area (Å²) in [6.07, 6.45) is 7.40. The molecule has 0 aliphatic rings. The second-order valence-electron chi connectivity index (χ2n) is 9.51. The van der Waals surface area contributed by atoms with Gasteiger partial charge in [-0.25, -0.2) is 9.37 Å². The minimum absolute atomic E-state index is 0.141. The fourth-order valence-corrected chi connectivity index (χ4v) is 3.68. The molecule has 0 saturated heterocycles. The molecule has 0 radical (unpaired) electrons. The molecular weight excluding hydrogens is 531 g/mol. The molecule has 0 saturated carbocycles. The number of allylic oxidation sites excluding steroid dienone is 2. The number of benzene rings is 2. The largest absolute Gasteiger partial charge is 0.461 e. The highest BCUT2D eigenvalue weighted by Gasteiger charge is 2.11. The number of halogens is 1. The number of Topliss-reactive ketones (excluding diaryl/α,β-unsaturated/α-hetero) is 1. The van der Waals surface area contributed by atoms with Crippen molar-refractivity contribution in [3.8, 4) is 17.0 Å². The summed E-state index contributed by atoms with van der Waals surface area (Å²) in [5, 5.41) is 0. The molecule has 42 heavy (non-hydrogen) atoms. The lowest BCUT2D eigenvalue weighted by Gasteiger charge is -2.09. The zero-order valence-corrected chi connectivity index (χ0v) is 26.9. The van der Waals surface area contributed by atoms with Gasteiger partial charge in [0.2, 0.25) is 6.36 Å². The van der Waals surface area contributed by atoms with E-state index in [4.69, 9.17) is 14.3 Å². The van der Waals surface area contributed by atoms with E-state index in [0.29, 0.717) is 5.75 Å². The Kier molecular flexibility index (Phi) is 19.8. The zero-order chi connectivity index (χ0) is 32.1. The van der Waals surface area contributed by atoms with Crippen LogP contribution in [0.3, 0.4) is 0 Å². The molecule has 0 bridgehead atoms. The van der Waals surface area contributed by atoms with E-state index in [9.17, 15) is 9.18 Å². The third kappa shape index (κ3) is 14.7. The highest BCUT2D eigenvalue weighted by molar-refractivity contribution is 5.95. The highest BCUT2D eigenvalue weighted by Crippen LogP contribution is 2.26. The molecule has 3 aromatic rings. The maximum Gasteiger partial charge on any atom is 0.235 e. The molecule has 0 aliphatic carbocycles. The number of hydrogen-bond acceptors (Lipinski definition) is 5. The molecule has 0 amide bonds. The Balaban J connectivity index is 0.000000666. The van der Waals surface area contributed by atoms with Crippen LogP contribution in [0, 0.1) is 13.8 Å². The van der Waals surface area contributed by atoms with E-state index in [0.717, 1.165) is 66.1 Å². The smallest absolute Gasteiger partial charge is 0.235 e. The molecule has 1 unspecified atom stereocenters. The number of nitrogens with zero attached hydrogens (tertiary/aromatic N) is 2. The Morgan fingerprint density at radius 2 is 1.62 bits per heavy atom. The van der Waals surface area contributed by atoms with Crippen molar-refractivity contribution in [3.05, 3.63) is 83.8 Å². The monoisotopic (exact) mass is 580 g/mol. The number of alkyl halides is 1. The van der Waals surface area contributed by atoms with Crippen LogP contribution in [-0.2, 0) is 9.53 Å². The molecule has 0 fully saturated rings. The average molecular weight is 581 g/mol. The molecule has 1 heterocycles. The first-order valence-electron chi connectivity index (χ1n) is 14.3. The number of aldehydes is 1. The van der Waals surface area contributed by atoms with Gasteiger partial charge in [-0.05, 0) is 89.8 Å². The van der Waals surface area contributed by atoms with Crippen LogP contribution in [-0.4, -0.2) is 41.2 Å².